The van der Waals surface area contributed by atoms with E-state index in [4.69, 9.17) is 4.74 Å². The Kier molecular flexibility index (Phi) is 6.06. The van der Waals surface area contributed by atoms with Crippen LogP contribution in [0.15, 0.2) is 16.6 Å². The topological polar surface area (TPSA) is 50.4 Å². The maximum atomic E-state index is 11.5. The number of rotatable bonds is 8. The van der Waals surface area contributed by atoms with Gasteiger partial charge in [-0.1, -0.05) is 15.9 Å². The quantitative estimate of drug-likeness (QED) is 0.754. The van der Waals surface area contributed by atoms with E-state index < -0.39 is 0 Å². The van der Waals surface area contributed by atoms with Crippen LogP contribution >= 0.6 is 15.9 Å². The van der Waals surface area contributed by atoms with Crippen molar-refractivity contribution in [3.63, 3.8) is 0 Å². The lowest BCUT2D eigenvalue weighted by atomic mass is 10.1. The third kappa shape index (κ3) is 5.32. The summed E-state index contributed by atoms with van der Waals surface area (Å²) in [6, 6.07) is 4.79. The van der Waals surface area contributed by atoms with Crippen LogP contribution in [-0.2, 0) is 11.3 Å². The standard InChI is InChI=1S/C16H23BrN2O2/c1-3-18-15(20)6-7-21-16-11(2)8-13(17)9-12(16)10-19-14-4-5-14/h8-9,14,19H,3-7,10H2,1-2H3,(H,18,20). The van der Waals surface area contributed by atoms with Gasteiger partial charge >= 0.3 is 0 Å². The molecule has 4 nitrogen and oxygen atoms in total. The molecule has 5 heteroatoms. The van der Waals surface area contributed by atoms with Crippen molar-refractivity contribution in [3.05, 3.63) is 27.7 Å². The molecule has 0 heterocycles. The first kappa shape index (κ1) is 16.3. The van der Waals surface area contributed by atoms with Crippen LogP contribution in [0, 0.1) is 6.92 Å². The summed E-state index contributed by atoms with van der Waals surface area (Å²) < 4.78 is 6.93. The number of hydrogen-bond donors (Lipinski definition) is 2. The summed E-state index contributed by atoms with van der Waals surface area (Å²) in [6.45, 7) is 5.82. The molecule has 1 aliphatic carbocycles. The highest BCUT2D eigenvalue weighted by molar-refractivity contribution is 9.10. The van der Waals surface area contributed by atoms with E-state index in [0.29, 0.717) is 25.6 Å². The van der Waals surface area contributed by atoms with Gasteiger partial charge in [-0.3, -0.25) is 4.79 Å². The van der Waals surface area contributed by atoms with E-state index in [1.165, 1.54) is 12.8 Å². The third-order valence-electron chi connectivity index (χ3n) is 3.42. The highest BCUT2D eigenvalue weighted by Crippen LogP contribution is 2.29. The molecule has 116 valence electrons. The largest absolute Gasteiger partial charge is 0.492 e. The van der Waals surface area contributed by atoms with Gasteiger partial charge in [0.05, 0.1) is 13.0 Å². The number of amides is 1. The Morgan fingerprint density at radius 3 is 2.86 bits per heavy atom. The first-order valence-electron chi connectivity index (χ1n) is 7.52. The number of benzene rings is 1. The van der Waals surface area contributed by atoms with Crippen LogP contribution in [0.2, 0.25) is 0 Å². The second-order valence-corrected chi connectivity index (χ2v) is 6.33. The summed E-state index contributed by atoms with van der Waals surface area (Å²) in [5, 5.41) is 6.29. The first-order valence-corrected chi connectivity index (χ1v) is 8.31. The van der Waals surface area contributed by atoms with Crippen LogP contribution in [0.3, 0.4) is 0 Å². The van der Waals surface area contributed by atoms with E-state index >= 15 is 0 Å². The van der Waals surface area contributed by atoms with Crippen LogP contribution < -0.4 is 15.4 Å². The average Bonchev–Trinajstić information content (AvgIpc) is 3.23. The number of nitrogens with one attached hydrogen (secondary N) is 2. The van der Waals surface area contributed by atoms with Crippen molar-refractivity contribution in [2.24, 2.45) is 0 Å². The SMILES string of the molecule is CCNC(=O)CCOc1c(C)cc(Br)cc1CNC1CC1. The zero-order valence-corrected chi connectivity index (χ0v) is 14.3. The normalized spacial score (nSPS) is 14.0. The third-order valence-corrected chi connectivity index (χ3v) is 3.88. The molecule has 0 saturated heterocycles. The Labute approximate surface area is 134 Å². The molecule has 0 radical (unpaired) electrons. The fourth-order valence-corrected chi connectivity index (χ4v) is 2.83. The molecule has 0 aliphatic heterocycles. The number of ether oxygens (including phenoxy) is 1. The van der Waals surface area contributed by atoms with Crippen LogP contribution in [-0.4, -0.2) is 25.1 Å². The van der Waals surface area contributed by atoms with Gasteiger partial charge in [-0.05, 0) is 44.4 Å². The number of carbonyl (C=O) groups is 1. The molecule has 0 aromatic heterocycles. The average molecular weight is 355 g/mol. The summed E-state index contributed by atoms with van der Waals surface area (Å²) in [4.78, 5) is 11.5. The molecular formula is C16H23BrN2O2. The van der Waals surface area contributed by atoms with Crippen molar-refractivity contribution in [2.45, 2.75) is 45.7 Å². The summed E-state index contributed by atoms with van der Waals surface area (Å²) >= 11 is 3.53. The predicted octanol–water partition coefficient (Wildman–Crippen LogP) is 2.91. The van der Waals surface area contributed by atoms with E-state index in [0.717, 1.165) is 27.9 Å². The molecule has 2 rings (SSSR count). The summed E-state index contributed by atoms with van der Waals surface area (Å²) in [5.41, 5.74) is 2.23. The van der Waals surface area contributed by atoms with Gasteiger partial charge in [0.2, 0.25) is 5.91 Å². The molecule has 0 unspecified atom stereocenters. The van der Waals surface area contributed by atoms with Gasteiger partial charge in [-0.15, -0.1) is 0 Å². The minimum Gasteiger partial charge on any atom is -0.492 e. The van der Waals surface area contributed by atoms with E-state index in [2.05, 4.69) is 32.6 Å². The van der Waals surface area contributed by atoms with Crippen molar-refractivity contribution >= 4 is 21.8 Å². The lowest BCUT2D eigenvalue weighted by molar-refractivity contribution is -0.121. The second kappa shape index (κ2) is 7.80. The van der Waals surface area contributed by atoms with E-state index in [1.54, 1.807) is 0 Å². The monoisotopic (exact) mass is 354 g/mol. The lowest BCUT2D eigenvalue weighted by Gasteiger charge is -2.15. The minimum atomic E-state index is 0.0323. The Balaban J connectivity index is 1.96. The summed E-state index contributed by atoms with van der Waals surface area (Å²) in [5.74, 6) is 0.931. The van der Waals surface area contributed by atoms with Crippen molar-refractivity contribution in [2.75, 3.05) is 13.2 Å². The molecule has 0 bridgehead atoms. The van der Waals surface area contributed by atoms with E-state index in [-0.39, 0.29) is 5.91 Å². The second-order valence-electron chi connectivity index (χ2n) is 5.42. The molecule has 1 fully saturated rings. The Bertz CT molecular complexity index is 501. The molecule has 0 spiro atoms. The number of hydrogen-bond acceptors (Lipinski definition) is 3. The molecule has 0 atom stereocenters. The molecule has 1 aromatic carbocycles. The Morgan fingerprint density at radius 1 is 1.43 bits per heavy atom. The van der Waals surface area contributed by atoms with E-state index in [9.17, 15) is 4.79 Å². The molecule has 1 amide bonds. The summed E-state index contributed by atoms with van der Waals surface area (Å²) in [7, 11) is 0. The van der Waals surface area contributed by atoms with Crippen LogP contribution in [0.1, 0.15) is 37.3 Å². The maximum Gasteiger partial charge on any atom is 0.223 e. The fourth-order valence-electron chi connectivity index (χ4n) is 2.21. The van der Waals surface area contributed by atoms with Gasteiger partial charge in [-0.25, -0.2) is 0 Å². The number of halogens is 1. The Morgan fingerprint density at radius 2 is 2.19 bits per heavy atom. The van der Waals surface area contributed by atoms with Gasteiger partial charge in [0.15, 0.2) is 0 Å². The first-order chi connectivity index (χ1) is 10.1. The maximum absolute atomic E-state index is 11.5. The van der Waals surface area contributed by atoms with E-state index in [1.807, 2.05) is 19.9 Å². The fraction of sp³-hybridized carbons (Fsp3) is 0.562. The van der Waals surface area contributed by atoms with Gasteiger partial charge in [0.1, 0.15) is 5.75 Å². The minimum absolute atomic E-state index is 0.0323. The highest BCUT2D eigenvalue weighted by atomic mass is 79.9. The number of aryl methyl sites for hydroxylation is 1. The molecule has 1 saturated carbocycles. The van der Waals surface area contributed by atoms with Crippen LogP contribution in [0.25, 0.3) is 0 Å². The lowest BCUT2D eigenvalue weighted by Crippen LogP contribution is -2.24. The van der Waals surface area contributed by atoms with Gasteiger partial charge < -0.3 is 15.4 Å². The van der Waals surface area contributed by atoms with Gasteiger partial charge in [0, 0.05) is 29.2 Å². The molecular weight excluding hydrogens is 332 g/mol. The van der Waals surface area contributed by atoms with Crippen molar-refractivity contribution in [1.29, 1.82) is 0 Å². The van der Waals surface area contributed by atoms with Crippen LogP contribution in [0.5, 0.6) is 5.75 Å². The van der Waals surface area contributed by atoms with Gasteiger partial charge in [-0.2, -0.15) is 0 Å². The Hall–Kier alpha value is -1.07. The zero-order chi connectivity index (χ0) is 15.2. The zero-order valence-electron chi connectivity index (χ0n) is 12.7. The van der Waals surface area contributed by atoms with Crippen LogP contribution in [0.4, 0.5) is 0 Å². The predicted molar refractivity (Wildman–Crippen MR) is 87.5 cm³/mol. The summed E-state index contributed by atoms with van der Waals surface area (Å²) in [6.07, 6.45) is 2.92. The molecule has 1 aliphatic rings. The molecule has 2 N–H and O–H groups in total. The van der Waals surface area contributed by atoms with Crippen molar-refractivity contribution in [1.82, 2.24) is 10.6 Å². The van der Waals surface area contributed by atoms with Crippen molar-refractivity contribution in [3.8, 4) is 5.75 Å². The van der Waals surface area contributed by atoms with Crippen molar-refractivity contribution < 1.29 is 9.53 Å². The number of carbonyl (C=O) groups excluding carboxylic acids is 1. The smallest absolute Gasteiger partial charge is 0.223 e. The molecule has 21 heavy (non-hydrogen) atoms. The molecule has 1 aromatic rings. The van der Waals surface area contributed by atoms with Gasteiger partial charge in [0.25, 0.3) is 0 Å². The highest BCUT2D eigenvalue weighted by Gasteiger charge is 2.21.